The summed E-state index contributed by atoms with van der Waals surface area (Å²) in [6.45, 7) is 0. The lowest BCUT2D eigenvalue weighted by molar-refractivity contribution is 0.0999. The molecule has 5 nitrogen and oxygen atoms in total. The fourth-order valence-electron chi connectivity index (χ4n) is 1.61. The van der Waals surface area contributed by atoms with E-state index >= 15 is 0 Å². The maximum Gasteiger partial charge on any atom is 0.248 e. The van der Waals surface area contributed by atoms with Gasteiger partial charge in [-0.2, -0.15) is 0 Å². The highest BCUT2D eigenvalue weighted by atomic mass is 16.5. The topological polar surface area (TPSA) is 82.5 Å². The van der Waals surface area contributed by atoms with Gasteiger partial charge in [0.2, 0.25) is 5.91 Å². The second kappa shape index (κ2) is 4.75. The van der Waals surface area contributed by atoms with Gasteiger partial charge in [-0.05, 0) is 30.3 Å². The molecule has 18 heavy (non-hydrogen) atoms. The molecule has 0 fully saturated rings. The van der Waals surface area contributed by atoms with Gasteiger partial charge in [-0.1, -0.05) is 0 Å². The van der Waals surface area contributed by atoms with Crippen molar-refractivity contribution in [2.75, 3.05) is 7.11 Å². The molecule has 0 saturated carbocycles. The Morgan fingerprint density at radius 2 is 2.11 bits per heavy atom. The van der Waals surface area contributed by atoms with Gasteiger partial charge in [-0.15, -0.1) is 0 Å². The molecular weight excluding hydrogens is 234 g/mol. The van der Waals surface area contributed by atoms with Crippen molar-refractivity contribution in [3.05, 3.63) is 41.7 Å². The van der Waals surface area contributed by atoms with E-state index in [-0.39, 0.29) is 5.76 Å². The maximum absolute atomic E-state index is 11.1. The van der Waals surface area contributed by atoms with Crippen molar-refractivity contribution in [1.29, 1.82) is 0 Å². The molecule has 92 valence electrons. The number of carbonyl (C=O) groups excluding carboxylic acids is 2. The number of hydrogen-bond donors (Lipinski definition) is 1. The van der Waals surface area contributed by atoms with Crippen LogP contribution in [0.15, 0.2) is 34.7 Å². The number of nitrogens with two attached hydrogens (primary N) is 1. The molecule has 0 radical (unpaired) electrons. The van der Waals surface area contributed by atoms with Crippen LogP contribution in [0.3, 0.4) is 0 Å². The number of methoxy groups -OCH3 is 1. The zero-order valence-corrected chi connectivity index (χ0v) is 9.67. The molecule has 0 atom stereocenters. The van der Waals surface area contributed by atoms with Crippen LogP contribution < -0.4 is 10.5 Å². The SMILES string of the molecule is COc1ccc(C(N)=O)cc1-c1ccc(C=O)o1. The molecule has 0 unspecified atom stereocenters. The molecule has 0 aliphatic rings. The summed E-state index contributed by atoms with van der Waals surface area (Å²) in [4.78, 5) is 21.7. The second-order valence-electron chi connectivity index (χ2n) is 3.60. The number of amides is 1. The normalized spacial score (nSPS) is 10.1. The van der Waals surface area contributed by atoms with E-state index in [4.69, 9.17) is 14.9 Å². The van der Waals surface area contributed by atoms with Gasteiger partial charge >= 0.3 is 0 Å². The Kier molecular flexibility index (Phi) is 3.14. The Balaban J connectivity index is 2.55. The van der Waals surface area contributed by atoms with Gasteiger partial charge in [0, 0.05) is 5.56 Å². The highest BCUT2D eigenvalue weighted by Crippen LogP contribution is 2.31. The van der Waals surface area contributed by atoms with E-state index in [0.717, 1.165) is 0 Å². The highest BCUT2D eigenvalue weighted by Gasteiger charge is 2.13. The number of hydrogen-bond acceptors (Lipinski definition) is 4. The Labute approximate surface area is 103 Å². The van der Waals surface area contributed by atoms with Gasteiger partial charge in [0.25, 0.3) is 0 Å². The van der Waals surface area contributed by atoms with Gasteiger partial charge in [0.1, 0.15) is 11.5 Å². The van der Waals surface area contributed by atoms with Gasteiger partial charge < -0.3 is 14.9 Å². The Morgan fingerprint density at radius 3 is 2.67 bits per heavy atom. The molecule has 0 saturated heterocycles. The molecule has 0 bridgehead atoms. The summed E-state index contributed by atoms with van der Waals surface area (Å²) < 4.78 is 10.5. The molecule has 1 aromatic carbocycles. The lowest BCUT2D eigenvalue weighted by atomic mass is 10.1. The van der Waals surface area contributed by atoms with Gasteiger partial charge in [-0.25, -0.2) is 0 Å². The summed E-state index contributed by atoms with van der Waals surface area (Å²) in [5.74, 6) is 0.640. The molecule has 0 spiro atoms. The van der Waals surface area contributed by atoms with Gasteiger partial charge in [-0.3, -0.25) is 9.59 Å². The standard InChI is InChI=1S/C13H11NO4/c1-17-11-4-2-8(13(14)16)6-10(11)12-5-3-9(7-15)18-12/h2-7H,1H3,(H2,14,16). The van der Waals surface area contributed by atoms with Crippen molar-refractivity contribution in [3.8, 4) is 17.1 Å². The van der Waals surface area contributed by atoms with Crippen LogP contribution in [0.25, 0.3) is 11.3 Å². The summed E-state index contributed by atoms with van der Waals surface area (Å²) in [5.41, 5.74) is 6.13. The van der Waals surface area contributed by atoms with Gasteiger partial charge in [0.05, 0.1) is 12.7 Å². The molecule has 1 heterocycles. The summed E-state index contributed by atoms with van der Waals surface area (Å²) in [5, 5.41) is 0. The van der Waals surface area contributed by atoms with Crippen molar-refractivity contribution >= 4 is 12.2 Å². The summed E-state index contributed by atoms with van der Waals surface area (Å²) in [6, 6.07) is 7.92. The quantitative estimate of drug-likeness (QED) is 0.833. The van der Waals surface area contributed by atoms with Crippen molar-refractivity contribution < 1.29 is 18.7 Å². The third kappa shape index (κ3) is 2.10. The molecule has 1 amide bonds. The number of furan rings is 1. The first kappa shape index (κ1) is 11.9. The zero-order chi connectivity index (χ0) is 13.1. The number of carbonyl (C=O) groups is 2. The highest BCUT2D eigenvalue weighted by molar-refractivity contribution is 5.94. The lowest BCUT2D eigenvalue weighted by Gasteiger charge is -2.07. The van der Waals surface area contributed by atoms with E-state index in [9.17, 15) is 9.59 Å². The van der Waals surface area contributed by atoms with E-state index < -0.39 is 5.91 Å². The van der Waals surface area contributed by atoms with E-state index in [1.807, 2.05) is 0 Å². The molecule has 2 N–H and O–H groups in total. The van der Waals surface area contributed by atoms with Gasteiger partial charge in [0.15, 0.2) is 12.0 Å². The van der Waals surface area contributed by atoms with Crippen molar-refractivity contribution in [2.45, 2.75) is 0 Å². The molecule has 1 aromatic heterocycles. The number of rotatable bonds is 4. The number of aldehydes is 1. The summed E-state index contributed by atoms with van der Waals surface area (Å²) in [7, 11) is 1.51. The molecular formula is C13H11NO4. The molecule has 0 aliphatic carbocycles. The molecule has 2 rings (SSSR count). The van der Waals surface area contributed by atoms with Crippen LogP contribution in [0.1, 0.15) is 20.9 Å². The fourth-order valence-corrected chi connectivity index (χ4v) is 1.61. The second-order valence-corrected chi connectivity index (χ2v) is 3.60. The lowest BCUT2D eigenvalue weighted by Crippen LogP contribution is -2.10. The fraction of sp³-hybridized carbons (Fsp3) is 0.0769. The van der Waals surface area contributed by atoms with Crippen LogP contribution in [0.5, 0.6) is 5.75 Å². The average molecular weight is 245 g/mol. The Bertz CT molecular complexity index is 601. The minimum absolute atomic E-state index is 0.205. The van der Waals surface area contributed by atoms with Crippen LogP contribution in [0, 0.1) is 0 Å². The monoisotopic (exact) mass is 245 g/mol. The van der Waals surface area contributed by atoms with E-state index in [1.54, 1.807) is 30.3 Å². The third-order valence-electron chi connectivity index (χ3n) is 2.49. The first-order valence-corrected chi connectivity index (χ1v) is 5.19. The van der Waals surface area contributed by atoms with Crippen LogP contribution in [-0.4, -0.2) is 19.3 Å². The van der Waals surface area contributed by atoms with E-state index in [0.29, 0.717) is 28.9 Å². The smallest absolute Gasteiger partial charge is 0.248 e. The van der Waals surface area contributed by atoms with Crippen LogP contribution in [0.2, 0.25) is 0 Å². The largest absolute Gasteiger partial charge is 0.496 e. The van der Waals surface area contributed by atoms with Crippen LogP contribution in [-0.2, 0) is 0 Å². The van der Waals surface area contributed by atoms with E-state index in [2.05, 4.69) is 0 Å². The number of primary amides is 1. The predicted octanol–water partition coefficient (Wildman–Crippen LogP) is 1.87. The zero-order valence-electron chi connectivity index (χ0n) is 9.67. The minimum atomic E-state index is -0.541. The van der Waals surface area contributed by atoms with Crippen LogP contribution >= 0.6 is 0 Å². The maximum atomic E-state index is 11.1. The van der Waals surface area contributed by atoms with Crippen molar-refractivity contribution in [2.24, 2.45) is 5.73 Å². The average Bonchev–Trinajstić information content (AvgIpc) is 2.86. The van der Waals surface area contributed by atoms with Crippen LogP contribution in [0.4, 0.5) is 0 Å². The first-order valence-electron chi connectivity index (χ1n) is 5.19. The van der Waals surface area contributed by atoms with Crippen molar-refractivity contribution in [1.82, 2.24) is 0 Å². The summed E-state index contributed by atoms with van der Waals surface area (Å²) >= 11 is 0. The predicted molar refractivity (Wildman–Crippen MR) is 64.6 cm³/mol. The Morgan fingerprint density at radius 1 is 1.33 bits per heavy atom. The molecule has 0 aliphatic heterocycles. The van der Waals surface area contributed by atoms with Crippen molar-refractivity contribution in [3.63, 3.8) is 0 Å². The Hall–Kier alpha value is -2.56. The molecule has 5 heteroatoms. The minimum Gasteiger partial charge on any atom is -0.496 e. The molecule has 2 aromatic rings. The first-order chi connectivity index (χ1) is 8.65. The third-order valence-corrected chi connectivity index (χ3v) is 2.49. The summed E-state index contributed by atoms with van der Waals surface area (Å²) in [6.07, 6.45) is 0.605. The number of benzene rings is 1. The number of ether oxygens (including phenoxy) is 1. The van der Waals surface area contributed by atoms with E-state index in [1.165, 1.54) is 7.11 Å².